The second-order valence-electron chi connectivity index (χ2n) is 7.73. The van der Waals surface area contributed by atoms with Crippen LogP contribution in [0.4, 0.5) is 9.18 Å². The fraction of sp³-hybridized carbons (Fsp3) is 0.579. The van der Waals surface area contributed by atoms with E-state index in [0.717, 1.165) is 6.07 Å². The van der Waals surface area contributed by atoms with Crippen LogP contribution >= 0.6 is 0 Å². The predicted molar refractivity (Wildman–Crippen MR) is 97.7 cm³/mol. The molecule has 1 aliphatic heterocycles. The molecule has 0 unspecified atom stereocenters. The molecule has 8 heteroatoms. The largest absolute Gasteiger partial charge is 0.493 e. The van der Waals surface area contributed by atoms with Gasteiger partial charge in [-0.05, 0) is 46.2 Å². The summed E-state index contributed by atoms with van der Waals surface area (Å²) in [6, 6.07) is 3.80. The van der Waals surface area contributed by atoms with Crippen LogP contribution in [0.25, 0.3) is 0 Å². The number of benzene rings is 1. The molecule has 0 saturated carbocycles. The van der Waals surface area contributed by atoms with Gasteiger partial charge in [-0.15, -0.1) is 0 Å². The Kier molecular flexibility index (Phi) is 6.64. The van der Waals surface area contributed by atoms with E-state index in [9.17, 15) is 14.0 Å². The number of carboxylic acids is 1. The van der Waals surface area contributed by atoms with Gasteiger partial charge in [-0.3, -0.25) is 0 Å². The highest BCUT2D eigenvalue weighted by Gasteiger charge is 2.30. The van der Waals surface area contributed by atoms with Gasteiger partial charge in [-0.2, -0.15) is 0 Å². The third-order valence-electron chi connectivity index (χ3n) is 4.01. The molecule has 1 heterocycles. The molecule has 1 saturated heterocycles. The molecule has 27 heavy (non-hydrogen) atoms. The van der Waals surface area contributed by atoms with E-state index in [1.165, 1.54) is 12.1 Å². The number of piperazine rings is 1. The third kappa shape index (κ3) is 6.39. The van der Waals surface area contributed by atoms with E-state index >= 15 is 0 Å². The van der Waals surface area contributed by atoms with Crippen LogP contribution < -0.4 is 10.1 Å². The molecule has 0 radical (unpaired) electrons. The van der Waals surface area contributed by atoms with Crippen LogP contribution in [-0.4, -0.2) is 59.5 Å². The molecule has 7 nitrogen and oxygen atoms in total. The summed E-state index contributed by atoms with van der Waals surface area (Å²) in [5, 5.41) is 12.2. The molecular weight excluding hydrogens is 355 g/mol. The van der Waals surface area contributed by atoms with Gasteiger partial charge in [0.2, 0.25) is 0 Å². The van der Waals surface area contributed by atoms with E-state index in [0.29, 0.717) is 26.1 Å². The standard InChI is InChI=1S/C19H27FN2O5/c1-12-10-22(18(25)27-19(2,3)4)11-13(21-12)7-8-26-14-5-6-15(17(23)24)16(20)9-14/h5-6,9,12-13,21H,7-8,10-11H2,1-4H3,(H,23,24)/t12-,13-/m1/s1. The number of halogens is 1. The lowest BCUT2D eigenvalue weighted by Crippen LogP contribution is -2.57. The monoisotopic (exact) mass is 382 g/mol. The molecule has 2 atom stereocenters. The summed E-state index contributed by atoms with van der Waals surface area (Å²) in [7, 11) is 0. The number of aromatic carboxylic acids is 1. The number of nitrogens with one attached hydrogen (secondary N) is 1. The van der Waals surface area contributed by atoms with Gasteiger partial charge in [-0.25, -0.2) is 14.0 Å². The average molecular weight is 382 g/mol. The summed E-state index contributed by atoms with van der Waals surface area (Å²) >= 11 is 0. The fourth-order valence-corrected chi connectivity index (χ4v) is 2.91. The first-order valence-electron chi connectivity index (χ1n) is 8.95. The lowest BCUT2D eigenvalue weighted by molar-refractivity contribution is 0.0150. The summed E-state index contributed by atoms with van der Waals surface area (Å²) < 4.78 is 24.6. The van der Waals surface area contributed by atoms with E-state index in [2.05, 4.69) is 5.32 Å². The Morgan fingerprint density at radius 3 is 2.63 bits per heavy atom. The van der Waals surface area contributed by atoms with Gasteiger partial charge in [0, 0.05) is 31.2 Å². The third-order valence-corrected chi connectivity index (χ3v) is 4.01. The molecule has 0 aromatic heterocycles. The molecule has 1 amide bonds. The van der Waals surface area contributed by atoms with Crippen LogP contribution in [0.15, 0.2) is 18.2 Å². The van der Waals surface area contributed by atoms with Gasteiger partial charge >= 0.3 is 12.1 Å². The van der Waals surface area contributed by atoms with E-state index in [1.54, 1.807) is 4.90 Å². The van der Waals surface area contributed by atoms with Crippen molar-refractivity contribution >= 4 is 12.1 Å². The van der Waals surface area contributed by atoms with Gasteiger partial charge in [-0.1, -0.05) is 0 Å². The molecule has 0 bridgehead atoms. The Morgan fingerprint density at radius 1 is 1.33 bits per heavy atom. The minimum atomic E-state index is -1.32. The summed E-state index contributed by atoms with van der Waals surface area (Å²) in [6.07, 6.45) is 0.263. The second-order valence-corrected chi connectivity index (χ2v) is 7.73. The first kappa shape index (κ1) is 21.0. The zero-order chi connectivity index (χ0) is 20.2. The molecular formula is C19H27FN2O5. The van der Waals surface area contributed by atoms with Crippen LogP contribution in [-0.2, 0) is 4.74 Å². The number of carbonyl (C=O) groups excluding carboxylic acids is 1. The van der Waals surface area contributed by atoms with Crippen LogP contribution in [0.2, 0.25) is 0 Å². The zero-order valence-corrected chi connectivity index (χ0v) is 16.1. The molecule has 0 aliphatic carbocycles. The van der Waals surface area contributed by atoms with Crippen molar-refractivity contribution in [3.8, 4) is 5.75 Å². The van der Waals surface area contributed by atoms with Crippen molar-refractivity contribution < 1.29 is 28.6 Å². The first-order valence-corrected chi connectivity index (χ1v) is 8.95. The van der Waals surface area contributed by atoms with Gasteiger partial charge in [0.05, 0.1) is 12.2 Å². The minimum Gasteiger partial charge on any atom is -0.493 e. The van der Waals surface area contributed by atoms with Crippen LogP contribution in [0.1, 0.15) is 44.5 Å². The van der Waals surface area contributed by atoms with Gasteiger partial charge < -0.3 is 24.8 Å². The number of hydrogen-bond acceptors (Lipinski definition) is 5. The molecule has 1 aliphatic rings. The maximum atomic E-state index is 13.7. The summed E-state index contributed by atoms with van der Waals surface area (Å²) in [5.41, 5.74) is -0.936. The lowest BCUT2D eigenvalue weighted by atomic mass is 10.1. The SMILES string of the molecule is C[C@@H]1CN(C(=O)OC(C)(C)C)C[C@@H](CCOc2ccc(C(=O)O)c(F)c2)N1. The Hall–Kier alpha value is -2.35. The molecule has 2 rings (SSSR count). The van der Waals surface area contributed by atoms with Crippen LogP contribution in [0, 0.1) is 5.82 Å². The number of hydrogen-bond donors (Lipinski definition) is 2. The highest BCUT2D eigenvalue weighted by atomic mass is 19.1. The Labute approximate surface area is 158 Å². The number of nitrogens with zero attached hydrogens (tertiary/aromatic N) is 1. The van der Waals surface area contributed by atoms with Crippen molar-refractivity contribution in [3.63, 3.8) is 0 Å². The lowest BCUT2D eigenvalue weighted by Gasteiger charge is -2.38. The van der Waals surface area contributed by atoms with Crippen LogP contribution in [0.3, 0.4) is 0 Å². The second kappa shape index (κ2) is 8.56. The Morgan fingerprint density at radius 2 is 2.04 bits per heavy atom. The zero-order valence-electron chi connectivity index (χ0n) is 16.1. The maximum absolute atomic E-state index is 13.7. The number of ether oxygens (including phenoxy) is 2. The van der Waals surface area contributed by atoms with E-state index in [-0.39, 0.29) is 23.9 Å². The molecule has 1 aromatic rings. The number of carboxylic acid groups (broad SMARTS) is 1. The topological polar surface area (TPSA) is 88.1 Å². The Balaban J connectivity index is 1.87. The van der Waals surface area contributed by atoms with E-state index < -0.39 is 23.0 Å². The fourth-order valence-electron chi connectivity index (χ4n) is 2.91. The molecule has 150 valence electrons. The minimum absolute atomic E-state index is 0.0180. The number of amides is 1. The normalized spacial score (nSPS) is 20.3. The van der Waals surface area contributed by atoms with Crippen molar-refractivity contribution in [2.75, 3.05) is 19.7 Å². The quantitative estimate of drug-likeness (QED) is 0.814. The highest BCUT2D eigenvalue weighted by Crippen LogP contribution is 2.18. The van der Waals surface area contributed by atoms with Gasteiger partial charge in [0.25, 0.3) is 0 Å². The van der Waals surface area contributed by atoms with Crippen molar-refractivity contribution in [3.05, 3.63) is 29.6 Å². The summed E-state index contributed by atoms with van der Waals surface area (Å²) in [6.45, 7) is 8.84. The van der Waals surface area contributed by atoms with Crippen LogP contribution in [0.5, 0.6) is 5.75 Å². The van der Waals surface area contributed by atoms with E-state index in [1.807, 2.05) is 27.7 Å². The van der Waals surface area contributed by atoms with Crippen molar-refractivity contribution in [2.45, 2.75) is 51.8 Å². The first-order chi connectivity index (χ1) is 12.5. The van der Waals surface area contributed by atoms with Crippen molar-refractivity contribution in [1.82, 2.24) is 10.2 Å². The maximum Gasteiger partial charge on any atom is 0.410 e. The molecule has 2 N–H and O–H groups in total. The van der Waals surface area contributed by atoms with Crippen molar-refractivity contribution in [1.29, 1.82) is 0 Å². The smallest absolute Gasteiger partial charge is 0.410 e. The Bertz CT molecular complexity index is 689. The summed E-state index contributed by atoms with van der Waals surface area (Å²) in [4.78, 5) is 24.8. The van der Waals surface area contributed by atoms with Gasteiger partial charge in [0.1, 0.15) is 17.2 Å². The number of rotatable bonds is 5. The van der Waals surface area contributed by atoms with Crippen molar-refractivity contribution in [2.24, 2.45) is 0 Å². The molecule has 1 fully saturated rings. The number of carbonyl (C=O) groups is 2. The van der Waals surface area contributed by atoms with E-state index in [4.69, 9.17) is 14.6 Å². The molecule has 0 spiro atoms. The highest BCUT2D eigenvalue weighted by molar-refractivity contribution is 5.88. The average Bonchev–Trinajstić information content (AvgIpc) is 2.52. The van der Waals surface area contributed by atoms with Gasteiger partial charge in [0.15, 0.2) is 0 Å². The molecule has 1 aromatic carbocycles. The summed E-state index contributed by atoms with van der Waals surface area (Å²) in [5.74, 6) is -1.88. The predicted octanol–water partition coefficient (Wildman–Crippen LogP) is 2.89.